The Morgan fingerprint density at radius 1 is 1.50 bits per heavy atom. The van der Waals surface area contributed by atoms with Crippen molar-refractivity contribution >= 4 is 33.4 Å². The number of alkyl halides is 4. The van der Waals surface area contributed by atoms with Crippen molar-refractivity contribution in [1.29, 1.82) is 0 Å². The summed E-state index contributed by atoms with van der Waals surface area (Å²) in [5.41, 5.74) is -1.39. The topological polar surface area (TPSA) is 29.1 Å². The molecule has 0 aliphatic rings. The normalized spacial score (nSPS) is 13.2. The molecule has 0 radical (unpaired) electrons. The molecule has 0 aliphatic heterocycles. The average Bonchev–Trinajstić information content (AvgIpc) is 2.27. The molecular formula is C11H10BrClF3NO. The molecule has 1 N–H and O–H groups in total. The maximum atomic E-state index is 12.8. The number of nitrogens with one attached hydrogen (secondary N) is 1. The zero-order chi connectivity index (χ0) is 13.9. The van der Waals surface area contributed by atoms with Gasteiger partial charge in [0.15, 0.2) is 0 Å². The third kappa shape index (κ3) is 3.88. The summed E-state index contributed by atoms with van der Waals surface area (Å²) in [6.45, 7) is 1.61. The highest BCUT2D eigenvalue weighted by molar-refractivity contribution is 9.10. The monoisotopic (exact) mass is 343 g/mol. The van der Waals surface area contributed by atoms with Gasteiger partial charge in [-0.25, -0.2) is 0 Å². The van der Waals surface area contributed by atoms with Crippen molar-refractivity contribution in [3.8, 4) is 0 Å². The fraction of sp³-hybridized carbons (Fsp3) is 0.364. The summed E-state index contributed by atoms with van der Waals surface area (Å²) in [7, 11) is 0. The second-order valence-electron chi connectivity index (χ2n) is 3.72. The average molecular weight is 345 g/mol. The molecule has 18 heavy (non-hydrogen) atoms. The van der Waals surface area contributed by atoms with E-state index in [4.69, 9.17) is 11.6 Å². The fourth-order valence-corrected chi connectivity index (χ4v) is 1.73. The Morgan fingerprint density at radius 3 is 2.61 bits per heavy atom. The van der Waals surface area contributed by atoms with Gasteiger partial charge >= 0.3 is 6.18 Å². The summed E-state index contributed by atoms with van der Waals surface area (Å²) in [5.74, 6) is -0.660. The molecule has 0 fully saturated rings. The summed E-state index contributed by atoms with van der Waals surface area (Å²) in [5, 5.41) is 2.39. The van der Waals surface area contributed by atoms with Crippen LogP contribution in [0.3, 0.4) is 0 Å². The van der Waals surface area contributed by atoms with Gasteiger partial charge in [0.25, 0.3) is 5.91 Å². The lowest BCUT2D eigenvalue weighted by molar-refractivity contribution is -0.138. The maximum Gasteiger partial charge on any atom is 0.417 e. The number of amides is 1. The van der Waals surface area contributed by atoms with Crippen LogP contribution < -0.4 is 5.32 Å². The molecule has 100 valence electrons. The number of rotatable bonds is 3. The van der Waals surface area contributed by atoms with Gasteiger partial charge in [0, 0.05) is 16.4 Å². The van der Waals surface area contributed by atoms with Crippen molar-refractivity contribution in [3.63, 3.8) is 0 Å². The first-order valence-corrected chi connectivity index (χ1v) is 6.32. The zero-order valence-electron chi connectivity index (χ0n) is 9.31. The molecule has 1 aromatic carbocycles. The van der Waals surface area contributed by atoms with Crippen LogP contribution in [0.25, 0.3) is 0 Å². The van der Waals surface area contributed by atoms with Crippen LogP contribution in [0, 0.1) is 0 Å². The van der Waals surface area contributed by atoms with Crippen molar-refractivity contribution in [3.05, 3.63) is 33.8 Å². The SMILES string of the molecule is CC(CCl)NC(=O)c1ccc(Br)cc1C(F)(F)F. The molecule has 0 saturated carbocycles. The van der Waals surface area contributed by atoms with Crippen molar-refractivity contribution in [2.24, 2.45) is 0 Å². The minimum Gasteiger partial charge on any atom is -0.348 e. The fourth-order valence-electron chi connectivity index (χ4n) is 1.29. The standard InChI is InChI=1S/C11H10BrClF3NO/c1-6(5-13)17-10(18)8-3-2-7(12)4-9(8)11(14,15)16/h2-4,6H,5H2,1H3,(H,17,18). The molecule has 2 nitrogen and oxygen atoms in total. The Bertz CT molecular complexity index is 450. The first-order valence-electron chi connectivity index (χ1n) is 4.99. The van der Waals surface area contributed by atoms with Crippen LogP contribution in [0.15, 0.2) is 22.7 Å². The molecular weight excluding hydrogens is 334 g/mol. The van der Waals surface area contributed by atoms with Gasteiger partial charge in [-0.2, -0.15) is 13.2 Å². The van der Waals surface area contributed by atoms with Gasteiger partial charge in [-0.05, 0) is 25.1 Å². The second kappa shape index (κ2) is 5.93. The van der Waals surface area contributed by atoms with Crippen LogP contribution in [0.5, 0.6) is 0 Å². The molecule has 7 heteroatoms. The Hall–Kier alpha value is -0.750. The van der Waals surface area contributed by atoms with Crippen molar-refractivity contribution < 1.29 is 18.0 Å². The molecule has 0 heterocycles. The van der Waals surface area contributed by atoms with E-state index in [1.165, 1.54) is 6.07 Å². The first kappa shape index (κ1) is 15.3. The van der Waals surface area contributed by atoms with E-state index in [1.54, 1.807) is 6.92 Å². The summed E-state index contributed by atoms with van der Waals surface area (Å²) in [4.78, 5) is 11.7. The Balaban J connectivity index is 3.12. The third-order valence-corrected chi connectivity index (χ3v) is 3.10. The number of hydrogen-bond donors (Lipinski definition) is 1. The number of benzene rings is 1. The number of halogens is 5. The second-order valence-corrected chi connectivity index (χ2v) is 4.94. The van der Waals surface area contributed by atoms with Crippen LogP contribution in [0.2, 0.25) is 0 Å². The van der Waals surface area contributed by atoms with E-state index < -0.39 is 29.3 Å². The molecule has 0 aromatic heterocycles. The largest absolute Gasteiger partial charge is 0.417 e. The van der Waals surface area contributed by atoms with E-state index in [9.17, 15) is 18.0 Å². The molecule has 1 amide bonds. The highest BCUT2D eigenvalue weighted by Crippen LogP contribution is 2.33. The van der Waals surface area contributed by atoms with E-state index in [0.717, 1.165) is 12.1 Å². The van der Waals surface area contributed by atoms with Gasteiger partial charge in [0.05, 0.1) is 11.1 Å². The summed E-state index contributed by atoms with van der Waals surface area (Å²) in [6, 6.07) is 2.99. The summed E-state index contributed by atoms with van der Waals surface area (Å²) in [6.07, 6.45) is -4.58. The number of hydrogen-bond acceptors (Lipinski definition) is 1. The van der Waals surface area contributed by atoms with Crippen LogP contribution in [0.4, 0.5) is 13.2 Å². The summed E-state index contributed by atoms with van der Waals surface area (Å²) < 4.78 is 38.6. The van der Waals surface area contributed by atoms with Crippen LogP contribution in [-0.2, 0) is 6.18 Å². The maximum absolute atomic E-state index is 12.8. The molecule has 0 saturated heterocycles. The minimum atomic E-state index is -4.58. The molecule has 1 unspecified atom stereocenters. The van der Waals surface area contributed by atoms with Crippen LogP contribution >= 0.6 is 27.5 Å². The van der Waals surface area contributed by atoms with Crippen molar-refractivity contribution in [2.45, 2.75) is 19.1 Å². The van der Waals surface area contributed by atoms with Gasteiger partial charge in [-0.1, -0.05) is 15.9 Å². The lowest BCUT2D eigenvalue weighted by Gasteiger charge is -2.15. The smallest absolute Gasteiger partial charge is 0.348 e. The van der Waals surface area contributed by atoms with Gasteiger partial charge in [0.2, 0.25) is 0 Å². The van der Waals surface area contributed by atoms with E-state index in [1.807, 2.05) is 0 Å². The van der Waals surface area contributed by atoms with Crippen LogP contribution in [0.1, 0.15) is 22.8 Å². The molecule has 0 aliphatic carbocycles. The van der Waals surface area contributed by atoms with Gasteiger partial charge in [-0.15, -0.1) is 11.6 Å². The first-order chi connectivity index (χ1) is 8.25. The zero-order valence-corrected chi connectivity index (χ0v) is 11.7. The van der Waals surface area contributed by atoms with E-state index in [2.05, 4.69) is 21.2 Å². The lowest BCUT2D eigenvalue weighted by atomic mass is 10.1. The quantitative estimate of drug-likeness (QED) is 0.830. The Morgan fingerprint density at radius 2 is 2.11 bits per heavy atom. The van der Waals surface area contributed by atoms with Crippen molar-refractivity contribution in [2.75, 3.05) is 5.88 Å². The summed E-state index contributed by atoms with van der Waals surface area (Å²) >= 11 is 8.44. The molecule has 0 spiro atoms. The molecule has 1 atom stereocenters. The van der Waals surface area contributed by atoms with E-state index in [0.29, 0.717) is 0 Å². The molecule has 0 bridgehead atoms. The van der Waals surface area contributed by atoms with Gasteiger partial charge in [-0.3, -0.25) is 4.79 Å². The number of carbonyl (C=O) groups is 1. The number of carbonyl (C=O) groups excluding carboxylic acids is 1. The Labute approximate surface area is 116 Å². The van der Waals surface area contributed by atoms with Crippen molar-refractivity contribution in [1.82, 2.24) is 5.32 Å². The predicted molar refractivity (Wildman–Crippen MR) is 66.8 cm³/mol. The van der Waals surface area contributed by atoms with Crippen LogP contribution in [-0.4, -0.2) is 17.8 Å². The van der Waals surface area contributed by atoms with Gasteiger partial charge in [0.1, 0.15) is 0 Å². The molecule has 1 rings (SSSR count). The minimum absolute atomic E-state index is 0.129. The Kier molecular flexibility index (Phi) is 5.04. The molecule has 1 aromatic rings. The van der Waals surface area contributed by atoms with E-state index >= 15 is 0 Å². The lowest BCUT2D eigenvalue weighted by Crippen LogP contribution is -2.34. The van der Waals surface area contributed by atoms with Gasteiger partial charge < -0.3 is 5.32 Å². The highest BCUT2D eigenvalue weighted by atomic mass is 79.9. The third-order valence-electron chi connectivity index (χ3n) is 2.14. The predicted octanol–water partition coefficient (Wildman–Crippen LogP) is 3.83. The highest BCUT2D eigenvalue weighted by Gasteiger charge is 2.35. The van der Waals surface area contributed by atoms with E-state index in [-0.39, 0.29) is 10.4 Å².